The molecule has 31 heavy (non-hydrogen) atoms. The van der Waals surface area contributed by atoms with Crippen molar-refractivity contribution in [3.63, 3.8) is 0 Å². The minimum atomic E-state index is -0.250. The molecule has 2 atom stereocenters. The number of carbonyl (C=O) groups excluding carboxylic acids is 2. The summed E-state index contributed by atoms with van der Waals surface area (Å²) in [6.45, 7) is 3.93. The number of esters is 1. The molecule has 168 valence electrons. The Kier molecular flexibility index (Phi) is 9.70. The molecule has 0 bridgehead atoms. The maximum absolute atomic E-state index is 12.1. The fraction of sp³-hybridized carbons (Fsp3) is 0.455. The van der Waals surface area contributed by atoms with E-state index in [1.165, 1.54) is 19.6 Å². The predicted octanol–water partition coefficient (Wildman–Crippen LogP) is 1.52. The van der Waals surface area contributed by atoms with Crippen LogP contribution in [0, 0.1) is 5.92 Å². The summed E-state index contributed by atoms with van der Waals surface area (Å²) in [5, 5.41) is 9.89. The molecule has 0 saturated carbocycles. The number of methoxy groups -OCH3 is 1. The second-order valence-electron chi connectivity index (χ2n) is 7.45. The third-order valence-corrected chi connectivity index (χ3v) is 5.13. The summed E-state index contributed by atoms with van der Waals surface area (Å²) < 4.78 is 7.10. The van der Waals surface area contributed by atoms with Crippen LogP contribution < -0.4 is 5.32 Å². The molecule has 2 heterocycles. The highest BCUT2D eigenvalue weighted by Crippen LogP contribution is 2.20. The Labute approximate surface area is 182 Å². The molecular formula is C22H30N4O5. The van der Waals surface area contributed by atoms with Gasteiger partial charge in [-0.25, -0.2) is 4.98 Å². The number of hydrogen-bond acceptors (Lipinski definition) is 6. The number of nitrogens with one attached hydrogen (secondary N) is 1. The summed E-state index contributed by atoms with van der Waals surface area (Å²) in [7, 11) is 1.43. The van der Waals surface area contributed by atoms with Gasteiger partial charge in [-0.1, -0.05) is 30.3 Å². The van der Waals surface area contributed by atoms with Gasteiger partial charge in [-0.2, -0.15) is 0 Å². The number of likely N-dealkylation sites (tertiary alicyclic amines) is 1. The minimum absolute atomic E-state index is 0.0182. The Bertz CT molecular complexity index is 839. The van der Waals surface area contributed by atoms with Gasteiger partial charge in [0.25, 0.3) is 6.47 Å². The monoisotopic (exact) mass is 430 g/mol. The predicted molar refractivity (Wildman–Crippen MR) is 114 cm³/mol. The van der Waals surface area contributed by atoms with Crippen molar-refractivity contribution in [2.45, 2.75) is 38.9 Å². The van der Waals surface area contributed by atoms with E-state index in [2.05, 4.69) is 31.9 Å². The van der Waals surface area contributed by atoms with Crippen LogP contribution >= 0.6 is 0 Å². The third kappa shape index (κ3) is 7.86. The number of carbonyl (C=O) groups is 3. The minimum Gasteiger partial charge on any atom is -0.483 e. The average molecular weight is 431 g/mol. The first-order chi connectivity index (χ1) is 15.0. The van der Waals surface area contributed by atoms with Gasteiger partial charge in [-0.15, -0.1) is 0 Å². The van der Waals surface area contributed by atoms with Gasteiger partial charge in [0.05, 0.1) is 19.6 Å². The van der Waals surface area contributed by atoms with Gasteiger partial charge >= 0.3 is 5.97 Å². The number of amides is 1. The number of hydrogen-bond donors (Lipinski definition) is 2. The van der Waals surface area contributed by atoms with E-state index in [1.807, 2.05) is 24.4 Å². The van der Waals surface area contributed by atoms with Crippen LogP contribution in [0.5, 0.6) is 0 Å². The summed E-state index contributed by atoms with van der Waals surface area (Å²) in [6.07, 6.45) is 5.24. The van der Waals surface area contributed by atoms with Gasteiger partial charge in [-0.05, 0) is 18.4 Å². The number of carboxylic acid groups (broad SMARTS) is 1. The van der Waals surface area contributed by atoms with Crippen LogP contribution in [0.3, 0.4) is 0 Å². The van der Waals surface area contributed by atoms with Crippen LogP contribution in [0.15, 0.2) is 42.7 Å². The van der Waals surface area contributed by atoms with Crippen LogP contribution in [-0.2, 0) is 32.2 Å². The Morgan fingerprint density at radius 2 is 1.94 bits per heavy atom. The SMILES string of the molecule is COC(=O)[C@H]1CC[C@@H](NC(C)=O)CN(Cc2nccn2Cc2ccccc2)C1.O=CO. The number of aromatic nitrogens is 2. The molecule has 1 aromatic heterocycles. The Morgan fingerprint density at radius 3 is 2.58 bits per heavy atom. The molecule has 1 aliphatic rings. The molecule has 2 N–H and O–H groups in total. The fourth-order valence-corrected chi connectivity index (χ4v) is 3.79. The van der Waals surface area contributed by atoms with Crippen LogP contribution in [-0.4, -0.2) is 64.1 Å². The highest BCUT2D eigenvalue weighted by molar-refractivity contribution is 5.73. The molecule has 1 fully saturated rings. The van der Waals surface area contributed by atoms with E-state index in [1.54, 1.807) is 6.20 Å². The highest BCUT2D eigenvalue weighted by Gasteiger charge is 2.30. The summed E-state index contributed by atoms with van der Waals surface area (Å²) in [4.78, 5) is 38.8. The second kappa shape index (κ2) is 12.5. The summed E-state index contributed by atoms with van der Waals surface area (Å²) >= 11 is 0. The Morgan fingerprint density at radius 1 is 1.23 bits per heavy atom. The quantitative estimate of drug-likeness (QED) is 0.528. The van der Waals surface area contributed by atoms with Gasteiger partial charge in [0, 0.05) is 45.0 Å². The van der Waals surface area contributed by atoms with Crippen molar-refractivity contribution in [2.75, 3.05) is 20.2 Å². The zero-order valence-electron chi connectivity index (χ0n) is 17.9. The van der Waals surface area contributed by atoms with Gasteiger partial charge in [-0.3, -0.25) is 19.3 Å². The molecule has 1 amide bonds. The van der Waals surface area contributed by atoms with Crippen LogP contribution in [0.2, 0.25) is 0 Å². The van der Waals surface area contributed by atoms with E-state index in [9.17, 15) is 9.59 Å². The molecule has 2 aromatic rings. The van der Waals surface area contributed by atoms with Gasteiger partial charge in [0.15, 0.2) is 0 Å². The third-order valence-electron chi connectivity index (χ3n) is 5.13. The Balaban J connectivity index is 0.00000107. The Hall–Kier alpha value is -3.20. The molecule has 0 spiro atoms. The van der Waals surface area contributed by atoms with Gasteiger partial charge < -0.3 is 19.7 Å². The van der Waals surface area contributed by atoms with Crippen molar-refractivity contribution in [3.05, 3.63) is 54.1 Å². The average Bonchev–Trinajstić information content (AvgIpc) is 3.07. The topological polar surface area (TPSA) is 114 Å². The lowest BCUT2D eigenvalue weighted by Gasteiger charge is -2.25. The summed E-state index contributed by atoms with van der Waals surface area (Å²) in [5.41, 5.74) is 1.21. The van der Waals surface area contributed by atoms with Gasteiger partial charge in [0.2, 0.25) is 5.91 Å². The van der Waals surface area contributed by atoms with Crippen LogP contribution in [0.25, 0.3) is 0 Å². The fourth-order valence-electron chi connectivity index (χ4n) is 3.79. The van der Waals surface area contributed by atoms with Crippen molar-refractivity contribution in [1.82, 2.24) is 19.8 Å². The second-order valence-corrected chi connectivity index (χ2v) is 7.45. The normalized spacial score (nSPS) is 18.8. The van der Waals surface area contributed by atoms with Crippen molar-refractivity contribution >= 4 is 18.3 Å². The number of rotatable bonds is 6. The summed E-state index contributed by atoms with van der Waals surface area (Å²) in [6, 6.07) is 10.3. The zero-order valence-corrected chi connectivity index (χ0v) is 17.9. The molecule has 1 aromatic carbocycles. The number of nitrogens with zero attached hydrogens (tertiary/aromatic N) is 3. The maximum Gasteiger partial charge on any atom is 0.309 e. The van der Waals surface area contributed by atoms with E-state index >= 15 is 0 Å². The first-order valence-electron chi connectivity index (χ1n) is 10.2. The van der Waals surface area contributed by atoms with E-state index in [0.29, 0.717) is 26.1 Å². The smallest absolute Gasteiger partial charge is 0.309 e. The molecule has 0 aliphatic carbocycles. The number of benzene rings is 1. The lowest BCUT2D eigenvalue weighted by Crippen LogP contribution is -2.42. The standard InChI is InChI=1S/C21H28N4O3.CH2O2/c1-16(26)23-19-9-8-18(21(27)28-2)13-24(14-19)15-20-22-10-11-25(20)12-17-6-4-3-5-7-17;2-1-3/h3-7,10-11,18-19H,8-9,12-15H2,1-2H3,(H,23,26);1H,(H,2,3)/t18-,19+;/m0./s1. The molecule has 9 heteroatoms. The molecule has 0 unspecified atom stereocenters. The molecular weight excluding hydrogens is 400 g/mol. The lowest BCUT2D eigenvalue weighted by molar-refractivity contribution is -0.146. The number of imidazole rings is 1. The molecule has 1 aliphatic heterocycles. The summed E-state index contributed by atoms with van der Waals surface area (Å²) in [5.74, 6) is 0.505. The molecule has 9 nitrogen and oxygen atoms in total. The van der Waals surface area contributed by atoms with Gasteiger partial charge in [0.1, 0.15) is 5.82 Å². The van der Waals surface area contributed by atoms with E-state index in [-0.39, 0.29) is 30.3 Å². The molecule has 0 radical (unpaired) electrons. The van der Waals surface area contributed by atoms with Crippen LogP contribution in [0.1, 0.15) is 31.2 Å². The van der Waals surface area contributed by atoms with E-state index in [4.69, 9.17) is 14.6 Å². The van der Waals surface area contributed by atoms with Crippen LogP contribution in [0.4, 0.5) is 0 Å². The van der Waals surface area contributed by atoms with E-state index < -0.39 is 0 Å². The van der Waals surface area contributed by atoms with E-state index in [0.717, 1.165) is 18.8 Å². The lowest BCUT2D eigenvalue weighted by atomic mass is 10.0. The first kappa shape index (κ1) is 24.1. The van der Waals surface area contributed by atoms with Crippen molar-refractivity contribution < 1.29 is 24.2 Å². The number of ether oxygens (including phenoxy) is 1. The molecule has 3 rings (SSSR count). The maximum atomic E-state index is 12.1. The van der Waals surface area contributed by atoms with Crippen molar-refractivity contribution in [2.24, 2.45) is 5.92 Å². The van der Waals surface area contributed by atoms with Crippen molar-refractivity contribution in [3.8, 4) is 0 Å². The zero-order chi connectivity index (χ0) is 22.6. The van der Waals surface area contributed by atoms with Crippen molar-refractivity contribution in [1.29, 1.82) is 0 Å². The first-order valence-corrected chi connectivity index (χ1v) is 10.2. The largest absolute Gasteiger partial charge is 0.483 e. The molecule has 1 saturated heterocycles. The highest BCUT2D eigenvalue weighted by atomic mass is 16.5.